The van der Waals surface area contributed by atoms with E-state index in [-0.39, 0.29) is 54.4 Å². The van der Waals surface area contributed by atoms with Crippen molar-refractivity contribution < 1.29 is 14.4 Å². The van der Waals surface area contributed by atoms with Crippen LogP contribution < -0.4 is 5.32 Å². The van der Waals surface area contributed by atoms with Crippen molar-refractivity contribution in [3.63, 3.8) is 0 Å². The number of halogens is 2. The van der Waals surface area contributed by atoms with Crippen LogP contribution in [0.5, 0.6) is 0 Å². The first-order valence-electron chi connectivity index (χ1n) is 9.66. The van der Waals surface area contributed by atoms with Gasteiger partial charge < -0.3 is 5.32 Å². The van der Waals surface area contributed by atoms with E-state index in [0.717, 1.165) is 16.5 Å². The topological polar surface area (TPSA) is 66.5 Å². The van der Waals surface area contributed by atoms with Gasteiger partial charge in [0.2, 0.25) is 17.7 Å². The highest BCUT2D eigenvalue weighted by Gasteiger charge is 2.66. The zero-order valence-electron chi connectivity index (χ0n) is 15.3. The van der Waals surface area contributed by atoms with Gasteiger partial charge >= 0.3 is 0 Å². The number of benzene rings is 1. The van der Waals surface area contributed by atoms with Gasteiger partial charge in [-0.15, -0.1) is 0 Å². The number of anilines is 1. The molecule has 0 unspecified atom stereocenters. The maximum absolute atomic E-state index is 12.9. The molecule has 5 aliphatic rings. The second kappa shape index (κ2) is 6.42. The Morgan fingerprint density at radius 3 is 2.39 bits per heavy atom. The molecule has 6 rings (SSSR count). The zero-order chi connectivity index (χ0) is 19.7. The first-order chi connectivity index (χ1) is 13.4. The molecule has 3 amide bonds. The lowest BCUT2D eigenvalue weighted by molar-refractivity contribution is -0.140. The lowest BCUT2D eigenvalue weighted by Crippen LogP contribution is -2.40. The molecule has 0 radical (unpaired) electrons. The highest BCUT2D eigenvalue weighted by molar-refractivity contribution is 9.10. The second-order valence-electron chi connectivity index (χ2n) is 8.31. The maximum Gasteiger partial charge on any atom is 0.233 e. The number of likely N-dealkylation sites (tertiary alicyclic amines) is 1. The van der Waals surface area contributed by atoms with E-state index in [1.54, 1.807) is 12.1 Å². The van der Waals surface area contributed by atoms with Crippen LogP contribution in [0.1, 0.15) is 18.4 Å². The van der Waals surface area contributed by atoms with Crippen molar-refractivity contribution >= 4 is 50.9 Å². The molecule has 0 spiro atoms. The Hall–Kier alpha value is -1.66. The Morgan fingerprint density at radius 2 is 1.79 bits per heavy atom. The van der Waals surface area contributed by atoms with Gasteiger partial charge in [-0.3, -0.25) is 19.3 Å². The molecule has 28 heavy (non-hydrogen) atoms. The second-order valence-corrected chi connectivity index (χ2v) is 9.55. The van der Waals surface area contributed by atoms with E-state index in [1.807, 2.05) is 6.92 Å². The largest absolute Gasteiger partial charge is 0.326 e. The minimum absolute atomic E-state index is 0.0830. The highest BCUT2D eigenvalue weighted by Crippen LogP contribution is 2.65. The molecule has 0 aromatic heterocycles. The minimum atomic E-state index is -0.235. The van der Waals surface area contributed by atoms with Crippen molar-refractivity contribution in [1.29, 1.82) is 0 Å². The van der Waals surface area contributed by atoms with Gasteiger partial charge in [-0.1, -0.05) is 23.8 Å². The monoisotopic (exact) mass is 462 g/mol. The summed E-state index contributed by atoms with van der Waals surface area (Å²) in [4.78, 5) is 39.6. The van der Waals surface area contributed by atoms with Crippen LogP contribution in [-0.4, -0.2) is 29.2 Å². The van der Waals surface area contributed by atoms with Gasteiger partial charge in [0.1, 0.15) is 0 Å². The summed E-state index contributed by atoms with van der Waals surface area (Å²) in [5.41, 5.74) is 1.40. The SMILES string of the molecule is Cc1c(NC(=O)CCN2C(=O)[C@@H]3[C@H]4C=C[C@@H]([C@@H]5C[C@@H]45)[C@H]3C2=O)ccc(Br)c1Cl. The third kappa shape index (κ3) is 2.61. The number of nitrogens with zero attached hydrogens (tertiary/aromatic N) is 1. The van der Waals surface area contributed by atoms with Crippen molar-refractivity contribution in [2.75, 3.05) is 11.9 Å². The van der Waals surface area contributed by atoms with Crippen LogP contribution in [-0.2, 0) is 14.4 Å². The zero-order valence-corrected chi connectivity index (χ0v) is 17.7. The molecule has 4 aliphatic carbocycles. The van der Waals surface area contributed by atoms with E-state index >= 15 is 0 Å². The maximum atomic E-state index is 12.9. The molecule has 1 aromatic rings. The number of allylic oxidation sites excluding steroid dienone is 2. The van der Waals surface area contributed by atoms with Crippen LogP contribution in [0.2, 0.25) is 5.02 Å². The summed E-state index contributed by atoms with van der Waals surface area (Å²) >= 11 is 9.56. The van der Waals surface area contributed by atoms with Crippen molar-refractivity contribution in [1.82, 2.24) is 4.90 Å². The predicted molar refractivity (Wildman–Crippen MR) is 109 cm³/mol. The van der Waals surface area contributed by atoms with Gasteiger partial charge in [0.25, 0.3) is 0 Å². The lowest BCUT2D eigenvalue weighted by Gasteiger charge is -2.37. The molecule has 1 heterocycles. The number of hydrogen-bond acceptors (Lipinski definition) is 3. The van der Waals surface area contributed by atoms with Crippen molar-refractivity contribution in [2.24, 2.45) is 35.5 Å². The molecule has 7 heteroatoms. The van der Waals surface area contributed by atoms with Gasteiger partial charge in [0.05, 0.1) is 16.9 Å². The molecule has 1 N–H and O–H groups in total. The molecule has 3 fully saturated rings. The first-order valence-corrected chi connectivity index (χ1v) is 10.8. The molecule has 6 atom stereocenters. The van der Waals surface area contributed by atoms with Gasteiger partial charge in [-0.2, -0.15) is 0 Å². The fourth-order valence-electron chi connectivity index (χ4n) is 5.45. The molecule has 1 saturated heterocycles. The lowest BCUT2D eigenvalue weighted by atomic mass is 9.63. The highest BCUT2D eigenvalue weighted by atomic mass is 79.9. The molecule has 1 aliphatic heterocycles. The summed E-state index contributed by atoms with van der Waals surface area (Å²) in [6, 6.07) is 3.55. The summed E-state index contributed by atoms with van der Waals surface area (Å²) in [5, 5.41) is 3.38. The Balaban J connectivity index is 1.25. The number of amides is 3. The van der Waals surface area contributed by atoms with E-state index in [0.29, 0.717) is 22.5 Å². The number of carbonyl (C=O) groups excluding carboxylic acids is 3. The third-order valence-electron chi connectivity index (χ3n) is 6.93. The van der Waals surface area contributed by atoms with Crippen LogP contribution in [0.3, 0.4) is 0 Å². The summed E-state index contributed by atoms with van der Waals surface area (Å²) in [6.45, 7) is 1.96. The van der Waals surface area contributed by atoms with E-state index in [2.05, 4.69) is 33.4 Å². The van der Waals surface area contributed by atoms with Gasteiger partial charge in [-0.25, -0.2) is 0 Å². The van der Waals surface area contributed by atoms with E-state index in [9.17, 15) is 14.4 Å². The van der Waals surface area contributed by atoms with Crippen LogP contribution in [0, 0.1) is 42.4 Å². The van der Waals surface area contributed by atoms with Gasteiger partial charge in [0.15, 0.2) is 0 Å². The number of carbonyl (C=O) groups is 3. The van der Waals surface area contributed by atoms with Crippen molar-refractivity contribution in [3.05, 3.63) is 39.3 Å². The third-order valence-corrected chi connectivity index (χ3v) is 8.31. The summed E-state index contributed by atoms with van der Waals surface area (Å²) in [7, 11) is 0. The van der Waals surface area contributed by atoms with E-state index in [1.165, 1.54) is 4.90 Å². The summed E-state index contributed by atoms with van der Waals surface area (Å²) in [5.74, 6) is 0.767. The Bertz CT molecular complexity index is 910. The van der Waals surface area contributed by atoms with Gasteiger partial charge in [-0.05, 0) is 70.6 Å². The first kappa shape index (κ1) is 18.4. The van der Waals surface area contributed by atoms with Crippen LogP contribution in [0.15, 0.2) is 28.8 Å². The normalized spacial score (nSPS) is 34.5. The standard InChI is InChI=1S/C21H20BrClN2O3/c1-9-15(5-4-14(22)19(9)23)24-16(26)6-7-25-20(27)17-10-2-3-11(13-8-12(10)13)18(17)21(25)28/h2-5,10-13,17-18H,6-8H2,1H3,(H,24,26)/t10-,11-,12-,13-,17+,18+/m0/s1. The van der Waals surface area contributed by atoms with E-state index < -0.39 is 0 Å². The van der Waals surface area contributed by atoms with Crippen LogP contribution >= 0.6 is 27.5 Å². The smallest absolute Gasteiger partial charge is 0.233 e. The Labute approximate surface area is 176 Å². The molecular weight excluding hydrogens is 444 g/mol. The molecule has 146 valence electrons. The van der Waals surface area contributed by atoms with Crippen LogP contribution in [0.4, 0.5) is 5.69 Å². The fourth-order valence-corrected chi connectivity index (χ4v) is 6.05. The molecule has 2 bridgehead atoms. The fraction of sp³-hybridized carbons (Fsp3) is 0.476. The quantitative estimate of drug-likeness (QED) is 0.546. The number of imide groups is 1. The number of nitrogens with one attached hydrogen (secondary N) is 1. The van der Waals surface area contributed by atoms with Crippen molar-refractivity contribution in [2.45, 2.75) is 19.8 Å². The Morgan fingerprint density at radius 1 is 1.18 bits per heavy atom. The summed E-state index contributed by atoms with van der Waals surface area (Å²) < 4.78 is 0.766. The van der Waals surface area contributed by atoms with E-state index in [4.69, 9.17) is 11.6 Å². The summed E-state index contributed by atoms with van der Waals surface area (Å²) in [6.07, 6.45) is 5.54. The number of rotatable bonds is 4. The molecule has 2 saturated carbocycles. The average molecular weight is 464 g/mol. The number of hydrogen-bond donors (Lipinski definition) is 1. The van der Waals surface area contributed by atoms with Crippen LogP contribution in [0.25, 0.3) is 0 Å². The minimum Gasteiger partial charge on any atom is -0.326 e. The van der Waals surface area contributed by atoms with Crippen molar-refractivity contribution in [3.8, 4) is 0 Å². The Kier molecular flexibility index (Phi) is 4.22. The molecule has 1 aromatic carbocycles. The predicted octanol–water partition coefficient (Wildman–Crippen LogP) is 3.79. The molecule has 5 nitrogen and oxygen atoms in total. The van der Waals surface area contributed by atoms with Gasteiger partial charge in [0, 0.05) is 23.1 Å². The average Bonchev–Trinajstić information content (AvgIpc) is 3.46. The molecular formula is C21H20BrClN2O3.